The summed E-state index contributed by atoms with van der Waals surface area (Å²) in [6.07, 6.45) is -0.263. The Balaban J connectivity index is 2.47. The van der Waals surface area contributed by atoms with Gasteiger partial charge in [-0.05, 0) is 18.2 Å². The molecule has 1 aliphatic heterocycles. The summed E-state index contributed by atoms with van der Waals surface area (Å²) in [4.78, 5) is 11.5. The molecule has 0 aromatic heterocycles. The third-order valence-electron chi connectivity index (χ3n) is 2.05. The van der Waals surface area contributed by atoms with Crippen molar-refractivity contribution in [2.24, 2.45) is 5.73 Å². The number of rotatable bonds is 0. The Kier molecular flexibility index (Phi) is 2.31. The van der Waals surface area contributed by atoms with E-state index in [2.05, 4.69) is 10.6 Å². The van der Waals surface area contributed by atoms with Gasteiger partial charge in [-0.15, -0.1) is 0 Å². The van der Waals surface area contributed by atoms with Crippen molar-refractivity contribution < 1.29 is 4.79 Å². The minimum atomic E-state index is -0.263. The van der Waals surface area contributed by atoms with E-state index in [1.807, 2.05) is 0 Å². The topological polar surface area (TPSA) is 67.1 Å². The monoisotopic (exact) mass is 211 g/mol. The van der Waals surface area contributed by atoms with Gasteiger partial charge in [0.2, 0.25) is 0 Å². The maximum absolute atomic E-state index is 11.5. The second-order valence-electron chi connectivity index (χ2n) is 3.15. The molecule has 1 aliphatic rings. The number of hydrogen-bond acceptors (Lipinski definition) is 3. The van der Waals surface area contributed by atoms with Crippen LogP contribution in [0.3, 0.4) is 0 Å². The summed E-state index contributed by atoms with van der Waals surface area (Å²) in [6, 6.07) is 5.10. The van der Waals surface area contributed by atoms with E-state index in [1.54, 1.807) is 18.2 Å². The van der Waals surface area contributed by atoms with Gasteiger partial charge in [0.05, 0.1) is 18.3 Å². The number of benzene rings is 1. The van der Waals surface area contributed by atoms with Gasteiger partial charge >= 0.3 is 0 Å². The number of nitrogens with one attached hydrogen (secondary N) is 2. The second-order valence-corrected chi connectivity index (χ2v) is 3.59. The van der Waals surface area contributed by atoms with Crippen molar-refractivity contribution in [3.8, 4) is 0 Å². The molecule has 4 nitrogen and oxygen atoms in total. The van der Waals surface area contributed by atoms with Crippen molar-refractivity contribution >= 4 is 23.2 Å². The molecule has 1 aromatic rings. The van der Waals surface area contributed by atoms with E-state index in [9.17, 15) is 4.79 Å². The number of carbonyl (C=O) groups excluding carboxylic acids is 1. The molecule has 1 amide bonds. The Labute approximate surface area is 86.4 Å². The molecule has 14 heavy (non-hydrogen) atoms. The van der Waals surface area contributed by atoms with E-state index in [0.717, 1.165) is 5.69 Å². The van der Waals surface area contributed by atoms with Crippen LogP contribution in [0.1, 0.15) is 10.4 Å². The van der Waals surface area contributed by atoms with Crippen LogP contribution < -0.4 is 16.4 Å². The Hall–Kier alpha value is -1.26. The smallest absolute Gasteiger partial charge is 0.253 e. The van der Waals surface area contributed by atoms with E-state index in [1.165, 1.54) is 0 Å². The fourth-order valence-corrected chi connectivity index (χ4v) is 1.55. The number of amides is 1. The number of carbonyl (C=O) groups is 1. The minimum Gasteiger partial charge on any atom is -0.368 e. The zero-order valence-corrected chi connectivity index (χ0v) is 8.14. The summed E-state index contributed by atoms with van der Waals surface area (Å²) in [6.45, 7) is 0.408. The van der Waals surface area contributed by atoms with Gasteiger partial charge in [-0.2, -0.15) is 0 Å². The summed E-state index contributed by atoms with van der Waals surface area (Å²) in [5.41, 5.74) is 6.94. The van der Waals surface area contributed by atoms with E-state index in [-0.39, 0.29) is 12.1 Å². The predicted molar refractivity (Wildman–Crippen MR) is 55.4 cm³/mol. The molecule has 1 aromatic carbocycles. The molecule has 0 saturated heterocycles. The number of anilines is 1. The van der Waals surface area contributed by atoms with Crippen LogP contribution in [0.5, 0.6) is 0 Å². The average molecular weight is 212 g/mol. The molecular weight excluding hydrogens is 202 g/mol. The number of nitrogens with two attached hydrogens (primary N) is 1. The highest BCUT2D eigenvalue weighted by Gasteiger charge is 2.18. The third-order valence-corrected chi connectivity index (χ3v) is 2.28. The highest BCUT2D eigenvalue weighted by Crippen LogP contribution is 2.22. The predicted octanol–water partition coefficient (Wildman–Crippen LogP) is 0.780. The molecule has 5 heteroatoms. The van der Waals surface area contributed by atoms with Gasteiger partial charge in [0, 0.05) is 10.7 Å². The third kappa shape index (κ3) is 1.66. The quantitative estimate of drug-likeness (QED) is 0.594. The molecule has 1 atom stereocenters. The van der Waals surface area contributed by atoms with Gasteiger partial charge in [0.15, 0.2) is 0 Å². The first-order chi connectivity index (χ1) is 6.66. The molecule has 0 radical (unpaired) electrons. The van der Waals surface area contributed by atoms with Crippen molar-refractivity contribution in [1.29, 1.82) is 0 Å². The van der Waals surface area contributed by atoms with Crippen molar-refractivity contribution in [2.45, 2.75) is 6.17 Å². The van der Waals surface area contributed by atoms with E-state index in [0.29, 0.717) is 17.1 Å². The van der Waals surface area contributed by atoms with Crippen LogP contribution in [-0.4, -0.2) is 18.6 Å². The van der Waals surface area contributed by atoms with Crippen LogP contribution in [0.4, 0.5) is 5.69 Å². The van der Waals surface area contributed by atoms with Crippen molar-refractivity contribution in [1.82, 2.24) is 5.32 Å². The molecule has 0 aliphatic carbocycles. The average Bonchev–Trinajstić information content (AvgIpc) is 2.29. The van der Waals surface area contributed by atoms with Crippen LogP contribution in [0, 0.1) is 0 Å². The van der Waals surface area contributed by atoms with Gasteiger partial charge in [-0.25, -0.2) is 0 Å². The minimum absolute atomic E-state index is 0.150. The Morgan fingerprint density at radius 2 is 2.29 bits per heavy atom. The van der Waals surface area contributed by atoms with Crippen LogP contribution in [-0.2, 0) is 0 Å². The van der Waals surface area contributed by atoms with Crippen molar-refractivity contribution in [3.05, 3.63) is 28.8 Å². The van der Waals surface area contributed by atoms with Gasteiger partial charge in [0.25, 0.3) is 5.91 Å². The molecule has 0 fully saturated rings. The standard InChI is InChI=1S/C9H10ClN3O/c10-5-1-2-7-6(3-5)9(14)12-4-8(11)13-7/h1-3,8,13H,4,11H2,(H,12,14). The second kappa shape index (κ2) is 3.48. The molecule has 1 unspecified atom stereocenters. The zero-order chi connectivity index (χ0) is 10.1. The highest BCUT2D eigenvalue weighted by molar-refractivity contribution is 6.31. The Morgan fingerprint density at radius 3 is 3.07 bits per heavy atom. The fraction of sp³-hybridized carbons (Fsp3) is 0.222. The molecule has 1 heterocycles. The van der Waals surface area contributed by atoms with E-state index in [4.69, 9.17) is 17.3 Å². The van der Waals surface area contributed by atoms with E-state index < -0.39 is 0 Å². The number of fused-ring (bicyclic) bond motifs is 1. The lowest BCUT2D eigenvalue weighted by molar-refractivity contribution is 0.0955. The molecule has 0 saturated carbocycles. The normalized spacial score (nSPS) is 20.4. The summed E-state index contributed by atoms with van der Waals surface area (Å²) in [5, 5.41) is 6.25. The first kappa shape index (κ1) is 9.30. The largest absolute Gasteiger partial charge is 0.368 e. The first-order valence-electron chi connectivity index (χ1n) is 4.26. The molecular formula is C9H10ClN3O. The van der Waals surface area contributed by atoms with E-state index >= 15 is 0 Å². The molecule has 74 valence electrons. The lowest BCUT2D eigenvalue weighted by Crippen LogP contribution is -2.39. The molecule has 2 rings (SSSR count). The fourth-order valence-electron chi connectivity index (χ4n) is 1.38. The van der Waals surface area contributed by atoms with Gasteiger partial charge in [0.1, 0.15) is 0 Å². The summed E-state index contributed by atoms with van der Waals surface area (Å²) in [7, 11) is 0. The molecule has 4 N–H and O–H groups in total. The van der Waals surface area contributed by atoms with Gasteiger partial charge in [-0.3, -0.25) is 4.79 Å². The van der Waals surface area contributed by atoms with Crippen LogP contribution in [0.2, 0.25) is 5.02 Å². The SMILES string of the molecule is NC1CNC(=O)c2cc(Cl)ccc2N1. The van der Waals surface area contributed by atoms with Crippen molar-refractivity contribution in [2.75, 3.05) is 11.9 Å². The van der Waals surface area contributed by atoms with Gasteiger partial charge in [-0.1, -0.05) is 11.6 Å². The van der Waals surface area contributed by atoms with Crippen LogP contribution >= 0.6 is 11.6 Å². The maximum atomic E-state index is 11.5. The van der Waals surface area contributed by atoms with Gasteiger partial charge < -0.3 is 16.4 Å². The highest BCUT2D eigenvalue weighted by atomic mass is 35.5. The first-order valence-corrected chi connectivity index (χ1v) is 4.64. The Morgan fingerprint density at radius 1 is 1.50 bits per heavy atom. The van der Waals surface area contributed by atoms with Crippen LogP contribution in [0.15, 0.2) is 18.2 Å². The molecule has 0 spiro atoms. The van der Waals surface area contributed by atoms with Crippen LogP contribution in [0.25, 0.3) is 0 Å². The Bertz CT molecular complexity index is 380. The zero-order valence-electron chi connectivity index (χ0n) is 7.38. The number of hydrogen-bond donors (Lipinski definition) is 3. The lowest BCUT2D eigenvalue weighted by Gasteiger charge is -2.11. The number of halogens is 1. The van der Waals surface area contributed by atoms with Crippen molar-refractivity contribution in [3.63, 3.8) is 0 Å². The molecule has 0 bridgehead atoms. The summed E-state index contributed by atoms with van der Waals surface area (Å²) in [5.74, 6) is -0.150. The lowest BCUT2D eigenvalue weighted by atomic mass is 10.1. The maximum Gasteiger partial charge on any atom is 0.253 e. The summed E-state index contributed by atoms with van der Waals surface area (Å²) < 4.78 is 0. The summed E-state index contributed by atoms with van der Waals surface area (Å²) >= 11 is 5.79.